The molecule has 0 aliphatic carbocycles. The highest BCUT2D eigenvalue weighted by atomic mass is 79.9. The Kier molecular flexibility index (Phi) is 5.01. The zero-order chi connectivity index (χ0) is 14.4. The van der Waals surface area contributed by atoms with Crippen molar-refractivity contribution in [1.82, 2.24) is 5.43 Å². The van der Waals surface area contributed by atoms with Gasteiger partial charge in [-0.3, -0.25) is 15.6 Å². The van der Waals surface area contributed by atoms with Crippen LogP contribution >= 0.6 is 15.9 Å². The number of carbonyl (C=O) groups excluding carboxylic acids is 1. The molecular weight excluding hydrogens is 320 g/mol. The van der Waals surface area contributed by atoms with E-state index in [9.17, 15) is 4.79 Å². The van der Waals surface area contributed by atoms with Crippen LogP contribution in [0.1, 0.15) is 17.3 Å². The second kappa shape index (κ2) is 6.96. The van der Waals surface area contributed by atoms with Crippen molar-refractivity contribution in [3.63, 3.8) is 0 Å². The van der Waals surface area contributed by atoms with Crippen molar-refractivity contribution in [2.24, 2.45) is 0 Å². The first-order valence-corrected chi connectivity index (χ1v) is 7.03. The molecule has 0 unspecified atom stereocenters. The number of halogens is 1. The summed E-state index contributed by atoms with van der Waals surface area (Å²) in [6.45, 7) is 2.53. The Morgan fingerprint density at radius 1 is 1.20 bits per heavy atom. The van der Waals surface area contributed by atoms with Crippen molar-refractivity contribution in [2.45, 2.75) is 6.92 Å². The van der Waals surface area contributed by atoms with E-state index >= 15 is 0 Å². The van der Waals surface area contributed by atoms with Crippen molar-refractivity contribution in [2.75, 3.05) is 12.0 Å². The van der Waals surface area contributed by atoms with Gasteiger partial charge in [-0.2, -0.15) is 0 Å². The molecule has 0 spiro atoms. The van der Waals surface area contributed by atoms with Gasteiger partial charge in [-0.15, -0.1) is 0 Å². The maximum absolute atomic E-state index is 11.9. The average Bonchev–Trinajstić information content (AvgIpc) is 2.46. The van der Waals surface area contributed by atoms with Gasteiger partial charge in [-0.25, -0.2) is 0 Å². The predicted octanol–water partition coefficient (Wildman–Crippen LogP) is 3.60. The molecular formula is C15H15BrN2O2. The lowest BCUT2D eigenvalue weighted by atomic mass is 10.2. The van der Waals surface area contributed by atoms with E-state index in [4.69, 9.17) is 4.74 Å². The second-order valence-corrected chi connectivity index (χ2v) is 4.96. The molecule has 0 heterocycles. The fourth-order valence-corrected chi connectivity index (χ4v) is 2.04. The quantitative estimate of drug-likeness (QED) is 0.821. The average molecular weight is 335 g/mol. The summed E-state index contributed by atoms with van der Waals surface area (Å²) in [6.07, 6.45) is 0. The summed E-state index contributed by atoms with van der Waals surface area (Å²) in [5.74, 6) is 0.553. The Labute approximate surface area is 126 Å². The Morgan fingerprint density at radius 3 is 2.60 bits per heavy atom. The summed E-state index contributed by atoms with van der Waals surface area (Å²) in [5.41, 5.74) is 6.88. The molecule has 20 heavy (non-hydrogen) atoms. The van der Waals surface area contributed by atoms with Crippen molar-refractivity contribution >= 4 is 27.5 Å². The van der Waals surface area contributed by atoms with Gasteiger partial charge < -0.3 is 4.74 Å². The second-order valence-electron chi connectivity index (χ2n) is 4.05. The third kappa shape index (κ3) is 3.99. The van der Waals surface area contributed by atoms with Crippen LogP contribution in [-0.4, -0.2) is 12.5 Å². The number of ether oxygens (including phenoxy) is 1. The van der Waals surface area contributed by atoms with Gasteiger partial charge in [0.2, 0.25) is 0 Å². The summed E-state index contributed by atoms with van der Waals surface area (Å²) in [6, 6.07) is 14.5. The summed E-state index contributed by atoms with van der Waals surface area (Å²) in [7, 11) is 0. The first-order chi connectivity index (χ1) is 9.69. The number of benzene rings is 2. The number of hydrazine groups is 1. The summed E-state index contributed by atoms with van der Waals surface area (Å²) < 4.78 is 6.27. The Balaban J connectivity index is 1.94. The highest BCUT2D eigenvalue weighted by Gasteiger charge is 2.05. The number of amides is 1. The van der Waals surface area contributed by atoms with E-state index in [0.717, 1.165) is 15.9 Å². The first kappa shape index (κ1) is 14.4. The topological polar surface area (TPSA) is 50.4 Å². The molecule has 0 aliphatic heterocycles. The number of hydrogen-bond donors (Lipinski definition) is 2. The third-order valence-corrected chi connectivity index (χ3v) is 3.07. The minimum atomic E-state index is -0.201. The molecule has 0 aromatic heterocycles. The van der Waals surface area contributed by atoms with Crippen LogP contribution in [0.4, 0.5) is 5.69 Å². The minimum Gasteiger partial charge on any atom is -0.494 e. The SMILES string of the molecule is CCOc1ccc(C(=O)NNc2cccc(Br)c2)cc1. The maximum Gasteiger partial charge on any atom is 0.269 e. The summed E-state index contributed by atoms with van der Waals surface area (Å²) in [4.78, 5) is 11.9. The zero-order valence-electron chi connectivity index (χ0n) is 11.0. The van der Waals surface area contributed by atoms with E-state index in [0.29, 0.717) is 12.2 Å². The van der Waals surface area contributed by atoms with Crippen molar-refractivity contribution < 1.29 is 9.53 Å². The Morgan fingerprint density at radius 2 is 1.95 bits per heavy atom. The molecule has 2 aromatic rings. The lowest BCUT2D eigenvalue weighted by molar-refractivity contribution is 0.0962. The van der Waals surface area contributed by atoms with Gasteiger partial charge >= 0.3 is 0 Å². The van der Waals surface area contributed by atoms with E-state index in [-0.39, 0.29) is 5.91 Å². The molecule has 0 fully saturated rings. The molecule has 1 amide bonds. The standard InChI is InChI=1S/C15H15BrN2O2/c1-2-20-14-8-6-11(7-9-14)15(19)18-17-13-5-3-4-12(16)10-13/h3-10,17H,2H2,1H3,(H,18,19). The lowest BCUT2D eigenvalue weighted by Gasteiger charge is -2.09. The van der Waals surface area contributed by atoms with Gasteiger partial charge in [-0.05, 0) is 49.4 Å². The third-order valence-electron chi connectivity index (χ3n) is 2.57. The van der Waals surface area contributed by atoms with Crippen LogP contribution in [0.2, 0.25) is 0 Å². The van der Waals surface area contributed by atoms with E-state index < -0.39 is 0 Å². The number of carbonyl (C=O) groups is 1. The molecule has 5 heteroatoms. The molecule has 0 radical (unpaired) electrons. The van der Waals surface area contributed by atoms with Crippen molar-refractivity contribution in [3.8, 4) is 5.75 Å². The molecule has 0 bridgehead atoms. The van der Waals surface area contributed by atoms with Gasteiger partial charge in [0.15, 0.2) is 0 Å². The summed E-state index contributed by atoms with van der Waals surface area (Å²) in [5, 5.41) is 0. The molecule has 0 saturated carbocycles. The van der Waals surface area contributed by atoms with Crippen molar-refractivity contribution in [3.05, 3.63) is 58.6 Å². The fraction of sp³-hybridized carbons (Fsp3) is 0.133. The van der Waals surface area contributed by atoms with Crippen LogP contribution in [0.15, 0.2) is 53.0 Å². The van der Waals surface area contributed by atoms with Gasteiger partial charge in [0, 0.05) is 10.0 Å². The molecule has 0 saturated heterocycles. The van der Waals surface area contributed by atoms with E-state index in [1.54, 1.807) is 24.3 Å². The molecule has 4 nitrogen and oxygen atoms in total. The van der Waals surface area contributed by atoms with Gasteiger partial charge in [-0.1, -0.05) is 22.0 Å². The first-order valence-electron chi connectivity index (χ1n) is 6.24. The Bertz CT molecular complexity index is 585. The number of hydrogen-bond acceptors (Lipinski definition) is 3. The smallest absolute Gasteiger partial charge is 0.269 e. The van der Waals surface area contributed by atoms with Crippen LogP contribution in [0.25, 0.3) is 0 Å². The largest absolute Gasteiger partial charge is 0.494 e. The molecule has 2 rings (SSSR count). The highest BCUT2D eigenvalue weighted by molar-refractivity contribution is 9.10. The monoisotopic (exact) mass is 334 g/mol. The minimum absolute atomic E-state index is 0.201. The number of nitrogens with one attached hydrogen (secondary N) is 2. The number of rotatable bonds is 5. The molecule has 0 atom stereocenters. The highest BCUT2D eigenvalue weighted by Crippen LogP contribution is 2.15. The van der Waals surface area contributed by atoms with Crippen molar-refractivity contribution in [1.29, 1.82) is 0 Å². The van der Waals surface area contributed by atoms with Gasteiger partial charge in [0.25, 0.3) is 5.91 Å². The van der Waals surface area contributed by atoms with Crippen LogP contribution in [-0.2, 0) is 0 Å². The summed E-state index contributed by atoms with van der Waals surface area (Å²) >= 11 is 3.37. The van der Waals surface area contributed by atoms with Crippen LogP contribution in [0.3, 0.4) is 0 Å². The lowest BCUT2D eigenvalue weighted by Crippen LogP contribution is -2.29. The number of anilines is 1. The van der Waals surface area contributed by atoms with Crippen LogP contribution < -0.4 is 15.6 Å². The van der Waals surface area contributed by atoms with E-state index in [1.807, 2.05) is 31.2 Å². The normalized spacial score (nSPS) is 9.90. The maximum atomic E-state index is 11.9. The molecule has 104 valence electrons. The van der Waals surface area contributed by atoms with Gasteiger partial charge in [0.1, 0.15) is 5.75 Å². The van der Waals surface area contributed by atoms with Crippen LogP contribution in [0.5, 0.6) is 5.75 Å². The molecule has 0 aliphatic rings. The van der Waals surface area contributed by atoms with Crippen LogP contribution in [0, 0.1) is 0 Å². The Hall–Kier alpha value is -2.01. The zero-order valence-corrected chi connectivity index (χ0v) is 12.6. The van der Waals surface area contributed by atoms with E-state index in [1.165, 1.54) is 0 Å². The fourth-order valence-electron chi connectivity index (χ4n) is 1.64. The molecule has 2 N–H and O–H groups in total. The van der Waals surface area contributed by atoms with E-state index in [2.05, 4.69) is 26.8 Å². The predicted molar refractivity (Wildman–Crippen MR) is 82.8 cm³/mol. The van der Waals surface area contributed by atoms with Gasteiger partial charge in [0.05, 0.1) is 12.3 Å². The molecule has 2 aromatic carbocycles.